The molecule has 0 bridgehead atoms. The number of benzene rings is 1. The van der Waals surface area contributed by atoms with Gasteiger partial charge in [0.05, 0.1) is 10.0 Å². The molecule has 1 fully saturated rings. The predicted octanol–water partition coefficient (Wildman–Crippen LogP) is 5.61. The summed E-state index contributed by atoms with van der Waals surface area (Å²) in [6.45, 7) is 5.55. The minimum absolute atomic E-state index is 0.246. The Bertz CT molecular complexity index is 425. The van der Waals surface area contributed by atoms with Crippen molar-refractivity contribution in [3.05, 3.63) is 33.8 Å². The molecule has 1 unspecified atom stereocenters. The van der Waals surface area contributed by atoms with Gasteiger partial charge in [-0.15, -0.1) is 0 Å². The van der Waals surface area contributed by atoms with Crippen LogP contribution in [0, 0.1) is 5.41 Å². The molecule has 3 heteroatoms. The standard InChI is InChI=1S/C16H23Cl2N/c1-3-16(9-4-5-10-16)11-19-12(2)13-7-6-8-14(17)15(13)18/h6-8,12,19H,3-5,9-11H2,1-2H3. The fourth-order valence-electron chi connectivity index (χ4n) is 3.11. The number of hydrogen-bond donors (Lipinski definition) is 1. The zero-order valence-electron chi connectivity index (χ0n) is 11.8. The molecule has 1 aliphatic rings. The molecule has 106 valence electrons. The minimum atomic E-state index is 0.246. The first-order valence-corrected chi connectivity index (χ1v) is 8.01. The molecule has 1 aliphatic carbocycles. The fraction of sp³-hybridized carbons (Fsp3) is 0.625. The Morgan fingerprint density at radius 2 is 1.95 bits per heavy atom. The highest BCUT2D eigenvalue weighted by molar-refractivity contribution is 6.42. The summed E-state index contributed by atoms with van der Waals surface area (Å²) in [7, 11) is 0. The van der Waals surface area contributed by atoms with E-state index in [0.29, 0.717) is 15.5 Å². The fourth-order valence-corrected chi connectivity index (χ4v) is 3.59. The molecule has 1 atom stereocenters. The van der Waals surface area contributed by atoms with Gasteiger partial charge in [0.15, 0.2) is 0 Å². The van der Waals surface area contributed by atoms with Crippen molar-refractivity contribution in [1.29, 1.82) is 0 Å². The lowest BCUT2D eigenvalue weighted by atomic mass is 9.83. The quantitative estimate of drug-likeness (QED) is 0.744. The van der Waals surface area contributed by atoms with Crippen LogP contribution in [0.3, 0.4) is 0 Å². The summed E-state index contributed by atoms with van der Waals surface area (Å²) in [5.41, 5.74) is 1.60. The highest BCUT2D eigenvalue weighted by Crippen LogP contribution is 2.41. The SMILES string of the molecule is CCC1(CNC(C)c2cccc(Cl)c2Cl)CCCC1. The zero-order valence-corrected chi connectivity index (χ0v) is 13.3. The van der Waals surface area contributed by atoms with Gasteiger partial charge in [-0.2, -0.15) is 0 Å². The summed E-state index contributed by atoms with van der Waals surface area (Å²) >= 11 is 12.4. The lowest BCUT2D eigenvalue weighted by Crippen LogP contribution is -2.33. The average Bonchev–Trinajstić information content (AvgIpc) is 2.89. The van der Waals surface area contributed by atoms with Crippen molar-refractivity contribution in [2.24, 2.45) is 5.41 Å². The number of hydrogen-bond acceptors (Lipinski definition) is 1. The van der Waals surface area contributed by atoms with Crippen LogP contribution in [0.15, 0.2) is 18.2 Å². The number of halogens is 2. The van der Waals surface area contributed by atoms with Crippen LogP contribution < -0.4 is 5.32 Å². The Labute approximate surface area is 126 Å². The van der Waals surface area contributed by atoms with Gasteiger partial charge < -0.3 is 5.32 Å². The Hall–Kier alpha value is -0.240. The van der Waals surface area contributed by atoms with Crippen molar-refractivity contribution in [3.63, 3.8) is 0 Å². The second-order valence-electron chi connectivity index (χ2n) is 5.81. The minimum Gasteiger partial charge on any atom is -0.310 e. The van der Waals surface area contributed by atoms with E-state index >= 15 is 0 Å². The van der Waals surface area contributed by atoms with E-state index < -0.39 is 0 Å². The second kappa shape index (κ2) is 6.47. The van der Waals surface area contributed by atoms with Crippen LogP contribution in [0.2, 0.25) is 10.0 Å². The highest BCUT2D eigenvalue weighted by Gasteiger charge is 2.32. The average molecular weight is 300 g/mol. The van der Waals surface area contributed by atoms with Crippen LogP contribution >= 0.6 is 23.2 Å². The van der Waals surface area contributed by atoms with Gasteiger partial charge in [0.25, 0.3) is 0 Å². The second-order valence-corrected chi connectivity index (χ2v) is 6.59. The van der Waals surface area contributed by atoms with E-state index in [1.165, 1.54) is 32.1 Å². The Balaban J connectivity index is 2.01. The van der Waals surface area contributed by atoms with Crippen LogP contribution in [-0.2, 0) is 0 Å². The molecule has 1 nitrogen and oxygen atoms in total. The van der Waals surface area contributed by atoms with E-state index in [4.69, 9.17) is 23.2 Å². The van der Waals surface area contributed by atoms with Gasteiger partial charge in [-0.3, -0.25) is 0 Å². The van der Waals surface area contributed by atoms with Crippen LogP contribution in [-0.4, -0.2) is 6.54 Å². The topological polar surface area (TPSA) is 12.0 Å². The monoisotopic (exact) mass is 299 g/mol. The Morgan fingerprint density at radius 3 is 2.58 bits per heavy atom. The normalized spacial score (nSPS) is 19.6. The maximum absolute atomic E-state index is 6.28. The van der Waals surface area contributed by atoms with Crippen LogP contribution in [0.4, 0.5) is 0 Å². The van der Waals surface area contributed by atoms with Crippen LogP contribution in [0.25, 0.3) is 0 Å². The van der Waals surface area contributed by atoms with E-state index in [9.17, 15) is 0 Å². The Kier molecular flexibility index (Phi) is 5.16. The molecule has 0 amide bonds. The van der Waals surface area contributed by atoms with E-state index in [2.05, 4.69) is 25.2 Å². The van der Waals surface area contributed by atoms with E-state index in [1.54, 1.807) is 0 Å². The summed E-state index contributed by atoms with van der Waals surface area (Å²) in [5.74, 6) is 0. The van der Waals surface area contributed by atoms with Gasteiger partial charge in [-0.05, 0) is 43.2 Å². The van der Waals surface area contributed by atoms with Crippen molar-refractivity contribution < 1.29 is 0 Å². The van der Waals surface area contributed by atoms with Crippen LogP contribution in [0.1, 0.15) is 57.6 Å². The smallest absolute Gasteiger partial charge is 0.0639 e. The van der Waals surface area contributed by atoms with E-state index in [1.807, 2.05) is 12.1 Å². The third-order valence-corrected chi connectivity index (χ3v) is 5.48. The molecule has 1 saturated carbocycles. The van der Waals surface area contributed by atoms with Gasteiger partial charge >= 0.3 is 0 Å². The predicted molar refractivity (Wildman–Crippen MR) is 84.1 cm³/mol. The zero-order chi connectivity index (χ0) is 13.9. The van der Waals surface area contributed by atoms with E-state index in [0.717, 1.165) is 12.1 Å². The first kappa shape index (κ1) is 15.2. The molecule has 2 rings (SSSR count). The van der Waals surface area contributed by atoms with Crippen molar-refractivity contribution in [3.8, 4) is 0 Å². The molecule has 1 N–H and O–H groups in total. The first-order chi connectivity index (χ1) is 9.08. The largest absolute Gasteiger partial charge is 0.310 e. The lowest BCUT2D eigenvalue weighted by Gasteiger charge is -2.30. The maximum atomic E-state index is 6.28. The first-order valence-electron chi connectivity index (χ1n) is 7.25. The van der Waals surface area contributed by atoms with E-state index in [-0.39, 0.29) is 6.04 Å². The summed E-state index contributed by atoms with van der Waals surface area (Å²) in [5, 5.41) is 4.98. The summed E-state index contributed by atoms with van der Waals surface area (Å²) in [4.78, 5) is 0. The highest BCUT2D eigenvalue weighted by atomic mass is 35.5. The molecule has 0 aromatic heterocycles. The summed E-state index contributed by atoms with van der Waals surface area (Å²) in [6.07, 6.45) is 6.72. The molecular formula is C16H23Cl2N. The molecule has 0 heterocycles. The van der Waals surface area contributed by atoms with Gasteiger partial charge in [0, 0.05) is 12.6 Å². The molecule has 0 aliphatic heterocycles. The van der Waals surface area contributed by atoms with Crippen molar-refractivity contribution >= 4 is 23.2 Å². The molecule has 1 aromatic rings. The molecular weight excluding hydrogens is 277 g/mol. The summed E-state index contributed by atoms with van der Waals surface area (Å²) < 4.78 is 0. The van der Waals surface area contributed by atoms with Gasteiger partial charge in [-0.1, -0.05) is 55.1 Å². The van der Waals surface area contributed by atoms with Gasteiger partial charge in [0.2, 0.25) is 0 Å². The third-order valence-electron chi connectivity index (χ3n) is 4.65. The molecule has 0 spiro atoms. The van der Waals surface area contributed by atoms with Crippen LogP contribution in [0.5, 0.6) is 0 Å². The van der Waals surface area contributed by atoms with Crippen molar-refractivity contribution in [2.75, 3.05) is 6.54 Å². The van der Waals surface area contributed by atoms with Gasteiger partial charge in [-0.25, -0.2) is 0 Å². The third kappa shape index (κ3) is 3.45. The maximum Gasteiger partial charge on any atom is 0.0639 e. The lowest BCUT2D eigenvalue weighted by molar-refractivity contribution is 0.259. The molecule has 19 heavy (non-hydrogen) atoms. The van der Waals surface area contributed by atoms with Crippen molar-refractivity contribution in [1.82, 2.24) is 5.32 Å². The van der Waals surface area contributed by atoms with Gasteiger partial charge in [0.1, 0.15) is 0 Å². The molecule has 0 saturated heterocycles. The summed E-state index contributed by atoms with van der Waals surface area (Å²) in [6, 6.07) is 6.10. The number of rotatable bonds is 5. The molecule has 1 aromatic carbocycles. The van der Waals surface area contributed by atoms with Crippen molar-refractivity contribution in [2.45, 2.75) is 52.0 Å². The molecule has 0 radical (unpaired) electrons. The Morgan fingerprint density at radius 1 is 1.26 bits per heavy atom. The number of nitrogens with one attached hydrogen (secondary N) is 1.